The van der Waals surface area contributed by atoms with E-state index in [1.165, 1.54) is 24.1 Å². The normalized spacial score (nSPS) is 15.9. The number of halogens is 2. The molecule has 0 aromatic heterocycles. The molecule has 5 heteroatoms. The Hall–Kier alpha value is -1.60. The van der Waals surface area contributed by atoms with Crippen LogP contribution in [0.25, 0.3) is 0 Å². The van der Waals surface area contributed by atoms with Gasteiger partial charge in [-0.05, 0) is 37.5 Å². The van der Waals surface area contributed by atoms with Crippen LogP contribution in [0, 0.1) is 29.5 Å². The topological polar surface area (TPSA) is 44.1 Å². The first-order valence-electron chi connectivity index (χ1n) is 5.56. The second-order valence-corrected chi connectivity index (χ2v) is 5.02. The summed E-state index contributed by atoms with van der Waals surface area (Å²) in [4.78, 5) is 13.4. The lowest BCUT2D eigenvalue weighted by Crippen LogP contribution is -2.33. The summed E-state index contributed by atoms with van der Waals surface area (Å²) < 4.78 is 13.5. The van der Waals surface area contributed by atoms with E-state index in [4.69, 9.17) is 16.9 Å². The van der Waals surface area contributed by atoms with Crippen LogP contribution in [0.15, 0.2) is 12.1 Å². The molecule has 1 fully saturated rings. The number of anilines is 1. The second-order valence-electron chi connectivity index (χ2n) is 4.61. The summed E-state index contributed by atoms with van der Waals surface area (Å²) in [7, 11) is 1.51. The highest BCUT2D eigenvalue weighted by Gasteiger charge is 2.52. The molecule has 1 saturated carbocycles. The zero-order valence-electron chi connectivity index (χ0n) is 10.1. The van der Waals surface area contributed by atoms with E-state index in [1.54, 1.807) is 6.92 Å². The molecular weight excluding hydrogens is 255 g/mol. The van der Waals surface area contributed by atoms with E-state index >= 15 is 0 Å². The average molecular weight is 267 g/mol. The van der Waals surface area contributed by atoms with Crippen molar-refractivity contribution in [3.05, 3.63) is 28.5 Å². The summed E-state index contributed by atoms with van der Waals surface area (Å²) in [6.45, 7) is 1.60. The highest BCUT2D eigenvalue weighted by atomic mass is 35.5. The van der Waals surface area contributed by atoms with Crippen molar-refractivity contribution in [3.63, 3.8) is 0 Å². The fraction of sp³-hybridized carbons (Fsp3) is 0.385. The van der Waals surface area contributed by atoms with Crippen molar-refractivity contribution in [3.8, 4) is 6.07 Å². The quantitative estimate of drug-likeness (QED) is 0.826. The lowest BCUT2D eigenvalue weighted by molar-refractivity contribution is -0.121. The Bertz CT molecular complexity index is 561. The van der Waals surface area contributed by atoms with Gasteiger partial charge in [-0.3, -0.25) is 4.79 Å². The molecule has 0 aliphatic heterocycles. The maximum Gasteiger partial charge on any atom is 0.247 e. The number of nitriles is 1. The van der Waals surface area contributed by atoms with Gasteiger partial charge in [-0.1, -0.05) is 11.6 Å². The number of nitrogens with zero attached hydrogens (tertiary/aromatic N) is 2. The van der Waals surface area contributed by atoms with E-state index in [0.29, 0.717) is 29.1 Å². The molecule has 0 radical (unpaired) electrons. The van der Waals surface area contributed by atoms with E-state index in [0.717, 1.165) is 0 Å². The number of aryl methyl sites for hydroxylation is 1. The molecule has 1 aromatic carbocycles. The molecule has 0 unspecified atom stereocenters. The molecule has 18 heavy (non-hydrogen) atoms. The minimum absolute atomic E-state index is 0.297. The van der Waals surface area contributed by atoms with Crippen molar-refractivity contribution in [1.29, 1.82) is 5.26 Å². The molecular formula is C13H12ClFN2O. The van der Waals surface area contributed by atoms with Crippen LogP contribution in [0.3, 0.4) is 0 Å². The summed E-state index contributed by atoms with van der Waals surface area (Å²) in [6.07, 6.45) is 1.11. The van der Waals surface area contributed by atoms with E-state index < -0.39 is 11.2 Å². The van der Waals surface area contributed by atoms with E-state index in [2.05, 4.69) is 0 Å². The van der Waals surface area contributed by atoms with Crippen LogP contribution in [0.4, 0.5) is 10.1 Å². The van der Waals surface area contributed by atoms with Crippen LogP contribution in [0.1, 0.15) is 18.4 Å². The Morgan fingerprint density at radius 1 is 1.56 bits per heavy atom. The largest absolute Gasteiger partial charge is 0.313 e. The predicted octanol–water partition coefficient (Wildman–Crippen LogP) is 3.05. The van der Waals surface area contributed by atoms with E-state index in [9.17, 15) is 9.18 Å². The average Bonchev–Trinajstić information content (AvgIpc) is 3.13. The van der Waals surface area contributed by atoms with Gasteiger partial charge in [0.15, 0.2) is 0 Å². The van der Waals surface area contributed by atoms with E-state index in [-0.39, 0.29) is 5.91 Å². The molecule has 94 valence electrons. The van der Waals surface area contributed by atoms with E-state index in [1.807, 2.05) is 6.07 Å². The number of carbonyl (C=O) groups excluding carboxylic acids is 1. The summed E-state index contributed by atoms with van der Waals surface area (Å²) >= 11 is 6.01. The van der Waals surface area contributed by atoms with Crippen molar-refractivity contribution in [2.45, 2.75) is 19.8 Å². The Morgan fingerprint density at radius 2 is 2.17 bits per heavy atom. The molecule has 1 aromatic rings. The molecule has 3 nitrogen and oxygen atoms in total. The van der Waals surface area contributed by atoms with Crippen LogP contribution >= 0.6 is 11.6 Å². The third-order valence-corrected chi connectivity index (χ3v) is 3.57. The molecule has 0 saturated heterocycles. The molecule has 0 bridgehead atoms. The highest BCUT2D eigenvalue weighted by molar-refractivity contribution is 6.34. The van der Waals surface area contributed by atoms with Gasteiger partial charge >= 0.3 is 0 Å². The first kappa shape index (κ1) is 12.8. The molecule has 0 atom stereocenters. The van der Waals surface area contributed by atoms with Gasteiger partial charge < -0.3 is 4.90 Å². The van der Waals surface area contributed by atoms with Crippen LogP contribution < -0.4 is 4.90 Å². The summed E-state index contributed by atoms with van der Waals surface area (Å²) in [6, 6.07) is 4.72. The maximum absolute atomic E-state index is 13.5. The SMILES string of the molecule is Cc1cc(Cl)c(N(C)C(=O)C2(C#N)CC2)cc1F. The van der Waals surface area contributed by atoms with Crippen molar-refractivity contribution in [1.82, 2.24) is 0 Å². The maximum atomic E-state index is 13.5. The summed E-state index contributed by atoms with van der Waals surface area (Å²) in [5.41, 5.74) is -0.211. The molecule has 1 amide bonds. The number of amides is 1. The third kappa shape index (κ3) is 1.95. The first-order valence-corrected chi connectivity index (χ1v) is 5.94. The fourth-order valence-corrected chi connectivity index (χ4v) is 2.17. The second kappa shape index (κ2) is 4.25. The Morgan fingerprint density at radius 3 is 2.67 bits per heavy atom. The number of hydrogen-bond donors (Lipinski definition) is 0. The Kier molecular flexibility index (Phi) is 3.04. The molecule has 0 N–H and O–H groups in total. The predicted molar refractivity (Wildman–Crippen MR) is 66.8 cm³/mol. The lowest BCUT2D eigenvalue weighted by Gasteiger charge is -2.21. The van der Waals surface area contributed by atoms with Crippen LogP contribution in [-0.4, -0.2) is 13.0 Å². The Balaban J connectivity index is 2.35. The van der Waals surface area contributed by atoms with Gasteiger partial charge in [-0.25, -0.2) is 4.39 Å². The standard InChI is InChI=1S/C13H12ClFN2O/c1-8-5-9(14)11(6-10(8)15)17(2)12(18)13(7-16)3-4-13/h5-6H,3-4H2,1-2H3. The zero-order chi connectivity index (χ0) is 13.5. The van der Waals surface area contributed by atoms with Crippen molar-refractivity contribution >= 4 is 23.2 Å². The number of carbonyl (C=O) groups is 1. The minimum Gasteiger partial charge on any atom is -0.313 e. The highest BCUT2D eigenvalue weighted by Crippen LogP contribution is 2.47. The first-order chi connectivity index (χ1) is 8.41. The number of rotatable bonds is 2. The van der Waals surface area contributed by atoms with Crippen molar-refractivity contribution in [2.75, 3.05) is 11.9 Å². The summed E-state index contributed by atoms with van der Waals surface area (Å²) in [5, 5.41) is 9.29. The van der Waals surface area contributed by atoms with Gasteiger partial charge in [0, 0.05) is 7.05 Å². The third-order valence-electron chi connectivity index (χ3n) is 3.27. The molecule has 0 heterocycles. The molecule has 0 spiro atoms. The molecule has 2 rings (SSSR count). The molecule has 1 aliphatic carbocycles. The van der Waals surface area contributed by atoms with Crippen LogP contribution in [-0.2, 0) is 4.79 Å². The lowest BCUT2D eigenvalue weighted by atomic mass is 10.1. The smallest absolute Gasteiger partial charge is 0.247 e. The Labute approximate surface area is 110 Å². The van der Waals surface area contributed by atoms with Crippen molar-refractivity contribution < 1.29 is 9.18 Å². The van der Waals surface area contributed by atoms with Gasteiger partial charge in [-0.2, -0.15) is 5.26 Å². The number of hydrogen-bond acceptors (Lipinski definition) is 2. The fourth-order valence-electron chi connectivity index (χ4n) is 1.82. The van der Waals surface area contributed by atoms with Gasteiger partial charge in [0.25, 0.3) is 0 Å². The monoisotopic (exact) mass is 266 g/mol. The van der Waals surface area contributed by atoms with Gasteiger partial charge in [0.2, 0.25) is 5.91 Å². The minimum atomic E-state index is -0.931. The number of benzene rings is 1. The van der Waals surface area contributed by atoms with Crippen LogP contribution in [0.2, 0.25) is 5.02 Å². The molecule has 1 aliphatic rings. The zero-order valence-corrected chi connectivity index (χ0v) is 10.9. The summed E-state index contributed by atoms with van der Waals surface area (Å²) in [5.74, 6) is -0.744. The van der Waals surface area contributed by atoms with Crippen molar-refractivity contribution in [2.24, 2.45) is 5.41 Å². The van der Waals surface area contributed by atoms with Gasteiger partial charge in [0.05, 0.1) is 16.8 Å². The van der Waals surface area contributed by atoms with Gasteiger partial charge in [-0.15, -0.1) is 0 Å². The van der Waals surface area contributed by atoms with Gasteiger partial charge in [0.1, 0.15) is 11.2 Å². The van der Waals surface area contributed by atoms with Crippen LogP contribution in [0.5, 0.6) is 0 Å².